The van der Waals surface area contributed by atoms with Gasteiger partial charge in [-0.15, -0.1) is 0 Å². The van der Waals surface area contributed by atoms with Crippen LogP contribution in [0.15, 0.2) is 0 Å². The maximum atomic E-state index is 12.3. The summed E-state index contributed by atoms with van der Waals surface area (Å²) in [5.41, 5.74) is 0. The molecular weight excluding hydrogens is 226 g/mol. The Bertz CT molecular complexity index is 258. The summed E-state index contributed by atoms with van der Waals surface area (Å²) in [6.45, 7) is 10.1. The summed E-state index contributed by atoms with van der Waals surface area (Å²) in [4.78, 5) is 16.5. The lowest BCUT2D eigenvalue weighted by Crippen LogP contribution is -2.50. The Labute approximate surface area is 112 Å². The van der Waals surface area contributed by atoms with E-state index < -0.39 is 0 Å². The smallest absolute Gasteiger partial charge is 0.239 e. The quantitative estimate of drug-likeness (QED) is 0.797. The van der Waals surface area contributed by atoms with E-state index in [1.807, 2.05) is 25.9 Å². The highest BCUT2D eigenvalue weighted by Gasteiger charge is 2.27. The zero-order valence-corrected chi connectivity index (χ0v) is 12.6. The minimum Gasteiger partial charge on any atom is -0.341 e. The fraction of sp³-hybridized carbons (Fsp3) is 0.929. The molecule has 0 unspecified atom stereocenters. The third-order valence-electron chi connectivity index (χ3n) is 3.56. The lowest BCUT2D eigenvalue weighted by molar-refractivity contribution is -0.135. The molecule has 1 heterocycles. The second-order valence-electron chi connectivity index (χ2n) is 6.17. The van der Waals surface area contributed by atoms with Crippen LogP contribution in [0.5, 0.6) is 0 Å². The highest BCUT2D eigenvalue weighted by Crippen LogP contribution is 2.21. The first-order valence-corrected chi connectivity index (χ1v) is 7.07. The van der Waals surface area contributed by atoms with E-state index in [4.69, 9.17) is 0 Å². The van der Waals surface area contributed by atoms with Crippen LogP contribution in [-0.2, 0) is 4.79 Å². The highest BCUT2D eigenvalue weighted by molar-refractivity contribution is 5.81. The zero-order valence-electron chi connectivity index (χ0n) is 12.6. The predicted molar refractivity (Wildman–Crippen MR) is 75.5 cm³/mol. The SMILES string of the molecule is C[C@@H]1C[C@H](C)CN(C(=O)[C@@H](C)NCCN(C)C)C1. The van der Waals surface area contributed by atoms with Gasteiger partial charge in [0.2, 0.25) is 5.91 Å². The zero-order chi connectivity index (χ0) is 13.7. The number of likely N-dealkylation sites (tertiary alicyclic amines) is 1. The van der Waals surface area contributed by atoms with E-state index in [2.05, 4.69) is 24.1 Å². The molecule has 0 spiro atoms. The van der Waals surface area contributed by atoms with Gasteiger partial charge in [-0.1, -0.05) is 13.8 Å². The van der Waals surface area contributed by atoms with E-state index in [1.54, 1.807) is 0 Å². The Hall–Kier alpha value is -0.610. The van der Waals surface area contributed by atoms with Crippen molar-refractivity contribution in [2.45, 2.75) is 33.2 Å². The summed E-state index contributed by atoms with van der Waals surface area (Å²) in [6, 6.07) is -0.0672. The van der Waals surface area contributed by atoms with Crippen LogP contribution < -0.4 is 5.32 Å². The number of piperidine rings is 1. The molecule has 0 bridgehead atoms. The van der Waals surface area contributed by atoms with Crippen LogP contribution in [0.3, 0.4) is 0 Å². The molecule has 1 N–H and O–H groups in total. The number of carbonyl (C=O) groups is 1. The first kappa shape index (κ1) is 15.4. The Kier molecular flexibility index (Phi) is 6.09. The minimum atomic E-state index is -0.0672. The van der Waals surface area contributed by atoms with E-state index in [9.17, 15) is 4.79 Å². The molecule has 1 aliphatic heterocycles. The molecule has 0 radical (unpaired) electrons. The molecule has 0 saturated carbocycles. The molecule has 1 aliphatic rings. The highest BCUT2D eigenvalue weighted by atomic mass is 16.2. The maximum Gasteiger partial charge on any atom is 0.239 e. The number of hydrogen-bond donors (Lipinski definition) is 1. The number of amides is 1. The van der Waals surface area contributed by atoms with Crippen LogP contribution in [0.1, 0.15) is 27.2 Å². The average molecular weight is 255 g/mol. The standard InChI is InChI=1S/C14H29N3O/c1-11-8-12(2)10-17(9-11)14(18)13(3)15-6-7-16(4)5/h11-13,15H,6-10H2,1-5H3/t11-,12+,13-/m1/s1. The van der Waals surface area contributed by atoms with E-state index in [0.717, 1.165) is 26.2 Å². The van der Waals surface area contributed by atoms with Crippen molar-refractivity contribution < 1.29 is 4.79 Å². The lowest BCUT2D eigenvalue weighted by Gasteiger charge is -2.36. The molecule has 3 atom stereocenters. The number of nitrogens with zero attached hydrogens (tertiary/aromatic N) is 2. The van der Waals surface area contributed by atoms with Crippen LogP contribution in [0.4, 0.5) is 0 Å². The Balaban J connectivity index is 2.38. The number of hydrogen-bond acceptors (Lipinski definition) is 3. The molecule has 1 rings (SSSR count). The van der Waals surface area contributed by atoms with Gasteiger partial charge < -0.3 is 15.1 Å². The van der Waals surface area contributed by atoms with E-state index in [-0.39, 0.29) is 11.9 Å². The molecule has 0 aromatic carbocycles. The second-order valence-corrected chi connectivity index (χ2v) is 6.17. The summed E-state index contributed by atoms with van der Waals surface area (Å²) in [5.74, 6) is 1.52. The molecule has 1 fully saturated rings. The molecule has 4 nitrogen and oxygen atoms in total. The summed E-state index contributed by atoms with van der Waals surface area (Å²) in [7, 11) is 4.09. The monoisotopic (exact) mass is 255 g/mol. The van der Waals surface area contributed by atoms with Gasteiger partial charge in [0, 0.05) is 26.2 Å². The molecule has 1 saturated heterocycles. The Morgan fingerprint density at radius 2 is 1.89 bits per heavy atom. The lowest BCUT2D eigenvalue weighted by atomic mass is 9.91. The Morgan fingerprint density at radius 3 is 2.39 bits per heavy atom. The van der Waals surface area contributed by atoms with E-state index >= 15 is 0 Å². The Morgan fingerprint density at radius 1 is 1.33 bits per heavy atom. The van der Waals surface area contributed by atoms with Gasteiger partial charge in [-0.3, -0.25) is 4.79 Å². The fourth-order valence-electron chi connectivity index (χ4n) is 2.71. The van der Waals surface area contributed by atoms with E-state index in [0.29, 0.717) is 11.8 Å². The van der Waals surface area contributed by atoms with Crippen LogP contribution in [0.25, 0.3) is 0 Å². The van der Waals surface area contributed by atoms with Gasteiger partial charge in [-0.05, 0) is 39.3 Å². The number of likely N-dealkylation sites (N-methyl/N-ethyl adjacent to an activating group) is 1. The molecule has 0 aliphatic carbocycles. The van der Waals surface area contributed by atoms with Gasteiger partial charge in [0.25, 0.3) is 0 Å². The van der Waals surface area contributed by atoms with Gasteiger partial charge >= 0.3 is 0 Å². The molecule has 106 valence electrons. The molecule has 0 aromatic heterocycles. The van der Waals surface area contributed by atoms with Crippen molar-refractivity contribution in [3.8, 4) is 0 Å². The number of nitrogens with one attached hydrogen (secondary N) is 1. The van der Waals surface area contributed by atoms with Crippen LogP contribution in [0.2, 0.25) is 0 Å². The summed E-state index contributed by atoms with van der Waals surface area (Å²) in [6.07, 6.45) is 1.24. The van der Waals surface area contributed by atoms with Crippen LogP contribution in [0, 0.1) is 11.8 Å². The van der Waals surface area contributed by atoms with Crippen LogP contribution >= 0.6 is 0 Å². The third-order valence-corrected chi connectivity index (χ3v) is 3.56. The van der Waals surface area contributed by atoms with Gasteiger partial charge in [0.1, 0.15) is 0 Å². The topological polar surface area (TPSA) is 35.6 Å². The van der Waals surface area contributed by atoms with Crippen molar-refractivity contribution in [1.82, 2.24) is 15.1 Å². The molecule has 18 heavy (non-hydrogen) atoms. The molecule has 0 aromatic rings. The van der Waals surface area contributed by atoms with Crippen LogP contribution in [-0.4, -0.2) is 62.0 Å². The maximum absolute atomic E-state index is 12.3. The molecule has 4 heteroatoms. The summed E-state index contributed by atoms with van der Waals surface area (Å²) in [5, 5.41) is 3.31. The fourth-order valence-corrected chi connectivity index (χ4v) is 2.71. The van der Waals surface area contributed by atoms with Gasteiger partial charge in [0.15, 0.2) is 0 Å². The summed E-state index contributed by atoms with van der Waals surface area (Å²) >= 11 is 0. The number of carbonyl (C=O) groups excluding carboxylic acids is 1. The van der Waals surface area contributed by atoms with Crippen molar-refractivity contribution in [1.29, 1.82) is 0 Å². The normalized spacial score (nSPS) is 26.4. The molecular formula is C14H29N3O. The minimum absolute atomic E-state index is 0.0672. The van der Waals surface area contributed by atoms with Gasteiger partial charge in [0.05, 0.1) is 6.04 Å². The average Bonchev–Trinajstić information content (AvgIpc) is 2.26. The first-order valence-electron chi connectivity index (χ1n) is 7.07. The van der Waals surface area contributed by atoms with Crippen molar-refractivity contribution in [3.63, 3.8) is 0 Å². The second kappa shape index (κ2) is 7.10. The number of rotatable bonds is 5. The predicted octanol–water partition coefficient (Wildman–Crippen LogP) is 1.03. The van der Waals surface area contributed by atoms with Crippen molar-refractivity contribution in [2.75, 3.05) is 40.3 Å². The summed E-state index contributed by atoms with van der Waals surface area (Å²) < 4.78 is 0. The third kappa shape index (κ3) is 4.94. The first-order chi connectivity index (χ1) is 8.40. The van der Waals surface area contributed by atoms with Crippen molar-refractivity contribution in [3.05, 3.63) is 0 Å². The van der Waals surface area contributed by atoms with Crippen molar-refractivity contribution >= 4 is 5.91 Å². The van der Waals surface area contributed by atoms with Gasteiger partial charge in [-0.25, -0.2) is 0 Å². The molecule has 1 amide bonds. The largest absolute Gasteiger partial charge is 0.341 e. The van der Waals surface area contributed by atoms with Crippen molar-refractivity contribution in [2.24, 2.45) is 11.8 Å². The van der Waals surface area contributed by atoms with E-state index in [1.165, 1.54) is 6.42 Å². The van der Waals surface area contributed by atoms with Gasteiger partial charge in [-0.2, -0.15) is 0 Å².